The van der Waals surface area contributed by atoms with Crippen LogP contribution in [-0.2, 0) is 65.3 Å². The minimum absolute atomic E-state index is 0.0159. The van der Waals surface area contributed by atoms with E-state index < -0.39 is 156 Å². The van der Waals surface area contributed by atoms with Crippen molar-refractivity contribution in [1.82, 2.24) is 55.6 Å². The van der Waals surface area contributed by atoms with Crippen molar-refractivity contribution in [3.8, 4) is 0 Å². The average molecular weight is 1300 g/mol. The second-order valence-electron chi connectivity index (χ2n) is 27.4. The third-order valence-corrected chi connectivity index (χ3v) is 19.0. The molecule has 0 bridgehead atoms. The van der Waals surface area contributed by atoms with Crippen LogP contribution in [0.2, 0.25) is 0 Å². The Balaban J connectivity index is 1.56. The lowest BCUT2D eigenvalue weighted by molar-refractivity contribution is -0.150. The minimum Gasteiger partial charge on any atom is -0.351 e. The van der Waals surface area contributed by atoms with Gasteiger partial charge in [0.15, 0.2) is 0 Å². The van der Waals surface area contributed by atoms with E-state index in [0.717, 1.165) is 59.3 Å². The number of carbonyl (C=O) groups is 11. The highest BCUT2D eigenvalue weighted by Gasteiger charge is 2.48. The van der Waals surface area contributed by atoms with Gasteiger partial charge in [-0.2, -0.15) is 13.2 Å². The Hall–Kier alpha value is -6.89. The summed E-state index contributed by atoms with van der Waals surface area (Å²) in [6.07, 6.45) is 2.25. The fourth-order valence-electron chi connectivity index (χ4n) is 13.2. The normalized spacial score (nSPS) is 26.1. The third-order valence-electron chi connectivity index (χ3n) is 19.0. The van der Waals surface area contributed by atoms with Crippen molar-refractivity contribution in [2.45, 2.75) is 224 Å². The Morgan fingerprint density at radius 3 is 1.76 bits per heavy atom. The first kappa shape index (κ1) is 75.8. The van der Waals surface area contributed by atoms with Crippen molar-refractivity contribution >= 4 is 65.0 Å². The molecule has 5 rings (SSSR count). The van der Waals surface area contributed by atoms with Gasteiger partial charge in [0.2, 0.25) is 65.0 Å². The number of aryl methyl sites for hydroxylation is 1. The van der Waals surface area contributed by atoms with Gasteiger partial charge in [0, 0.05) is 61.3 Å². The molecule has 4 aliphatic rings. The zero-order valence-electron chi connectivity index (χ0n) is 56.5. The van der Waals surface area contributed by atoms with Crippen LogP contribution in [0, 0.1) is 29.5 Å². The van der Waals surface area contributed by atoms with Gasteiger partial charge in [-0.05, 0) is 106 Å². The van der Waals surface area contributed by atoms with E-state index >= 15 is 9.59 Å². The summed E-state index contributed by atoms with van der Waals surface area (Å²) in [6, 6.07) is -5.57. The van der Waals surface area contributed by atoms with Crippen LogP contribution in [0.25, 0.3) is 0 Å². The van der Waals surface area contributed by atoms with Crippen molar-refractivity contribution < 1.29 is 70.3 Å². The molecule has 0 radical (unpaired) electrons. The number of alkyl halides is 3. The molecule has 1 aromatic rings. The van der Waals surface area contributed by atoms with Gasteiger partial charge in [-0.25, -0.2) is 4.39 Å². The molecule has 2 saturated heterocycles. The highest BCUT2D eigenvalue weighted by molar-refractivity contribution is 5.99. The monoisotopic (exact) mass is 1300 g/mol. The summed E-state index contributed by atoms with van der Waals surface area (Å²) in [7, 11) is 8.51. The lowest BCUT2D eigenvalue weighted by Gasteiger charge is -2.42. The molecule has 2 saturated carbocycles. The molecule has 4 fully saturated rings. The van der Waals surface area contributed by atoms with Crippen molar-refractivity contribution in [3.63, 3.8) is 0 Å². The maximum absolute atomic E-state index is 15.2. The van der Waals surface area contributed by atoms with Crippen LogP contribution < -0.4 is 21.3 Å². The number of nitrogens with zero attached hydrogens (tertiary/aromatic N) is 7. The van der Waals surface area contributed by atoms with Crippen LogP contribution in [-0.4, -0.2) is 216 Å². The number of hydrogen-bond acceptors (Lipinski definition) is 11. The van der Waals surface area contributed by atoms with E-state index in [2.05, 4.69) is 21.3 Å². The van der Waals surface area contributed by atoms with Crippen LogP contribution in [0.4, 0.5) is 17.6 Å². The van der Waals surface area contributed by atoms with Crippen LogP contribution in [0.3, 0.4) is 0 Å². The zero-order valence-corrected chi connectivity index (χ0v) is 56.5. The van der Waals surface area contributed by atoms with Crippen molar-refractivity contribution in [1.29, 1.82) is 0 Å². The number of benzene rings is 1. The molecule has 92 heavy (non-hydrogen) atoms. The van der Waals surface area contributed by atoms with E-state index in [1.807, 2.05) is 34.6 Å². The summed E-state index contributed by atoms with van der Waals surface area (Å²) in [5.74, 6) is -9.22. The number of likely N-dealkylation sites (N-methyl/N-ethyl adjacent to an activating group) is 6. The Morgan fingerprint density at radius 1 is 0.609 bits per heavy atom. The van der Waals surface area contributed by atoms with Gasteiger partial charge >= 0.3 is 6.18 Å². The highest BCUT2D eigenvalue weighted by atomic mass is 19.4. The van der Waals surface area contributed by atoms with Gasteiger partial charge in [0.05, 0.1) is 25.2 Å². The van der Waals surface area contributed by atoms with E-state index in [4.69, 9.17) is 0 Å². The van der Waals surface area contributed by atoms with Gasteiger partial charge in [0.25, 0.3) is 0 Å². The van der Waals surface area contributed by atoms with E-state index in [1.165, 1.54) is 61.9 Å². The van der Waals surface area contributed by atoms with E-state index in [1.54, 1.807) is 13.8 Å². The summed E-state index contributed by atoms with van der Waals surface area (Å²) in [5.41, 5.74) is -2.96. The van der Waals surface area contributed by atoms with Crippen LogP contribution in [0.1, 0.15) is 175 Å². The van der Waals surface area contributed by atoms with Crippen molar-refractivity contribution in [2.75, 3.05) is 68.5 Å². The zero-order chi connectivity index (χ0) is 68.7. The van der Waals surface area contributed by atoms with Gasteiger partial charge < -0.3 is 55.6 Å². The number of halogens is 4. The van der Waals surface area contributed by atoms with Gasteiger partial charge in [0.1, 0.15) is 47.6 Å². The largest absolute Gasteiger partial charge is 0.419 e. The van der Waals surface area contributed by atoms with Crippen LogP contribution >= 0.6 is 0 Å². The molecule has 516 valence electrons. The molecule has 4 N–H and O–H groups in total. The second kappa shape index (κ2) is 33.8. The molecule has 0 unspecified atom stereocenters. The van der Waals surface area contributed by atoms with Gasteiger partial charge in [-0.3, -0.25) is 52.7 Å². The Bertz CT molecular complexity index is 2790. The molecular formula is C66H103F4N11O11. The fourth-order valence-corrected chi connectivity index (χ4v) is 13.2. The van der Waals surface area contributed by atoms with Crippen LogP contribution in [0.15, 0.2) is 18.2 Å². The molecule has 1 aromatic carbocycles. The van der Waals surface area contributed by atoms with Gasteiger partial charge in [-0.1, -0.05) is 105 Å². The Morgan fingerprint density at radius 2 is 1.17 bits per heavy atom. The number of amides is 11. The first-order valence-electron chi connectivity index (χ1n) is 33.0. The topological polar surface area (TPSA) is 259 Å². The number of fused-ring (bicyclic) bond motifs is 1. The van der Waals surface area contributed by atoms with Gasteiger partial charge in [-0.15, -0.1) is 0 Å². The smallest absolute Gasteiger partial charge is 0.351 e. The number of rotatable bonds is 11. The standard InChI is InChI=1S/C66H103F4N11O11/c1-14-42(6)57-63(91)77(10)38-55(84)75(8)39-56(85)79(12)52(36-44-22-17-15-18-23-44)62(90)76(9)37-53(82)72-48(28-26-45-25-27-46(47(67)35-45)66(68,69)70)61(89)81-31-21-24-49(81)60(88)74-65(29-19-16-20-30-65)64(92)80(13)51(33-41(4)5)58(86)71-43(7)34-54(83)78(11)50(32-40(2)3)59(87)73-57/h25,27,35,40-44,48-52,57H,14-24,26,28-34,36-39H2,1-13H3,(H,71,86)(H,72,82)(H,73,87)(H,74,88)/t42-,43+,48-,49-,50-,51-,52-,57-/m0/s1. The van der Waals surface area contributed by atoms with E-state index in [0.29, 0.717) is 37.8 Å². The van der Waals surface area contributed by atoms with E-state index in [-0.39, 0.29) is 87.6 Å². The maximum Gasteiger partial charge on any atom is 0.419 e. The lowest BCUT2D eigenvalue weighted by atomic mass is 9.79. The summed E-state index contributed by atoms with van der Waals surface area (Å²) < 4.78 is 55.9. The molecule has 2 aliphatic carbocycles. The summed E-state index contributed by atoms with van der Waals surface area (Å²) in [4.78, 5) is 168. The first-order valence-corrected chi connectivity index (χ1v) is 33.0. The quantitative estimate of drug-likeness (QED) is 0.203. The molecule has 1 spiro atoms. The number of carbonyl (C=O) groups excluding carboxylic acids is 11. The number of hydrogen-bond donors (Lipinski definition) is 4. The van der Waals surface area contributed by atoms with Crippen molar-refractivity contribution in [2.24, 2.45) is 23.7 Å². The highest BCUT2D eigenvalue weighted by Crippen LogP contribution is 2.35. The summed E-state index contributed by atoms with van der Waals surface area (Å²) >= 11 is 0. The van der Waals surface area contributed by atoms with Crippen molar-refractivity contribution in [3.05, 3.63) is 35.1 Å². The first-order chi connectivity index (χ1) is 43.1. The molecule has 0 aromatic heterocycles. The lowest BCUT2D eigenvalue weighted by Crippen LogP contribution is -2.65. The predicted octanol–water partition coefficient (Wildman–Crippen LogP) is 5.43. The minimum atomic E-state index is -4.99. The average Bonchev–Trinajstić information content (AvgIpc) is 1.18. The molecular weight excluding hydrogens is 1200 g/mol. The predicted molar refractivity (Wildman–Crippen MR) is 337 cm³/mol. The summed E-state index contributed by atoms with van der Waals surface area (Å²) in [5, 5.41) is 11.5. The number of nitrogens with one attached hydrogen (secondary N) is 4. The Labute approximate surface area is 540 Å². The molecule has 8 atom stereocenters. The second-order valence-corrected chi connectivity index (χ2v) is 27.4. The van der Waals surface area contributed by atoms with E-state index in [9.17, 15) is 60.7 Å². The Kier molecular flexibility index (Phi) is 27.9. The molecule has 2 aliphatic heterocycles. The third kappa shape index (κ3) is 20.3. The fraction of sp³-hybridized carbons (Fsp3) is 0.742. The molecule has 22 nitrogen and oxygen atoms in total. The summed E-state index contributed by atoms with van der Waals surface area (Å²) in [6.45, 7) is 11.1. The molecule has 11 amide bonds. The van der Waals surface area contributed by atoms with Crippen LogP contribution in [0.5, 0.6) is 0 Å². The molecule has 26 heteroatoms. The molecule has 2 heterocycles. The SMILES string of the molecule is CC[C@H](C)[C@@H]1NC(=O)[C@H](CC(C)C)N(C)C(=O)C[C@@H](C)NC(=O)[C@H](CC(C)C)N(C)C(=O)C2(CCCCC2)NC(=O)[C@@H]2CCCN2C(=O)[C@H](CCc2ccc(C(F)(F)F)c(F)c2)NC(=O)CN(C)C(=O)[C@H](CC2CCCCC2)N(C)C(=O)CN(C)C(=O)CN(C)C1=O. The maximum atomic E-state index is 15.2.